The summed E-state index contributed by atoms with van der Waals surface area (Å²) in [6.07, 6.45) is -1.06. The van der Waals surface area contributed by atoms with Gasteiger partial charge in [0.25, 0.3) is 6.43 Å². The SMILES string of the molecule is NC(=S)c1ccnc(N(CCO)CC(F)F)c1. The van der Waals surface area contributed by atoms with Crippen molar-refractivity contribution in [3.63, 3.8) is 0 Å². The van der Waals surface area contributed by atoms with Crippen LogP contribution in [0.1, 0.15) is 5.56 Å². The molecule has 0 aliphatic rings. The normalized spacial score (nSPS) is 10.6. The van der Waals surface area contributed by atoms with Crippen LogP contribution in [-0.4, -0.2) is 41.2 Å². The van der Waals surface area contributed by atoms with E-state index in [0.717, 1.165) is 0 Å². The molecule has 94 valence electrons. The van der Waals surface area contributed by atoms with E-state index in [2.05, 4.69) is 4.98 Å². The number of anilines is 1. The molecular weight excluding hydrogens is 248 g/mol. The highest BCUT2D eigenvalue weighted by atomic mass is 32.1. The average Bonchev–Trinajstić information content (AvgIpc) is 2.28. The Morgan fingerprint density at radius 1 is 1.59 bits per heavy atom. The van der Waals surface area contributed by atoms with Gasteiger partial charge in [-0.1, -0.05) is 12.2 Å². The minimum Gasteiger partial charge on any atom is -0.395 e. The number of aliphatic hydroxyl groups is 1. The molecule has 0 saturated carbocycles. The lowest BCUT2D eigenvalue weighted by Gasteiger charge is -2.22. The third kappa shape index (κ3) is 4.20. The van der Waals surface area contributed by atoms with Gasteiger partial charge in [-0.3, -0.25) is 0 Å². The van der Waals surface area contributed by atoms with Gasteiger partial charge >= 0.3 is 0 Å². The molecular formula is C10H13F2N3OS. The number of nitrogens with two attached hydrogens (primary N) is 1. The summed E-state index contributed by atoms with van der Waals surface area (Å²) in [5, 5.41) is 8.82. The van der Waals surface area contributed by atoms with Crippen molar-refractivity contribution in [2.75, 3.05) is 24.6 Å². The van der Waals surface area contributed by atoms with Crippen LogP contribution in [0.4, 0.5) is 14.6 Å². The number of aromatic nitrogens is 1. The van der Waals surface area contributed by atoms with Crippen LogP contribution < -0.4 is 10.6 Å². The number of rotatable bonds is 6. The van der Waals surface area contributed by atoms with Gasteiger partial charge < -0.3 is 15.7 Å². The number of aliphatic hydroxyl groups excluding tert-OH is 1. The van der Waals surface area contributed by atoms with Crippen molar-refractivity contribution in [3.05, 3.63) is 23.9 Å². The standard InChI is InChI=1S/C10H13F2N3OS/c11-8(12)6-15(3-4-16)9-5-7(10(13)17)1-2-14-9/h1-2,5,8,16H,3-4,6H2,(H2,13,17). The zero-order valence-corrected chi connectivity index (χ0v) is 9.83. The molecule has 0 unspecified atom stereocenters. The van der Waals surface area contributed by atoms with E-state index in [0.29, 0.717) is 11.4 Å². The summed E-state index contributed by atoms with van der Waals surface area (Å²) in [6, 6.07) is 3.13. The molecule has 0 bridgehead atoms. The molecule has 1 heterocycles. The maximum absolute atomic E-state index is 12.4. The highest BCUT2D eigenvalue weighted by Crippen LogP contribution is 2.14. The molecule has 0 fully saturated rings. The number of hydrogen-bond acceptors (Lipinski definition) is 4. The fraction of sp³-hybridized carbons (Fsp3) is 0.400. The summed E-state index contributed by atoms with van der Waals surface area (Å²) in [6.45, 7) is -0.641. The van der Waals surface area contributed by atoms with Crippen molar-refractivity contribution in [2.24, 2.45) is 5.73 Å². The minimum atomic E-state index is -2.50. The first kappa shape index (κ1) is 13.7. The second-order valence-electron chi connectivity index (χ2n) is 3.33. The number of thiocarbonyl (C=S) groups is 1. The van der Waals surface area contributed by atoms with Crippen LogP contribution in [0.2, 0.25) is 0 Å². The van der Waals surface area contributed by atoms with E-state index >= 15 is 0 Å². The van der Waals surface area contributed by atoms with Crippen LogP contribution in [0, 0.1) is 0 Å². The van der Waals surface area contributed by atoms with Crippen LogP contribution >= 0.6 is 12.2 Å². The van der Waals surface area contributed by atoms with Gasteiger partial charge in [0.15, 0.2) is 0 Å². The Hall–Kier alpha value is -1.34. The lowest BCUT2D eigenvalue weighted by molar-refractivity contribution is 0.152. The van der Waals surface area contributed by atoms with Gasteiger partial charge in [0.05, 0.1) is 13.2 Å². The molecule has 4 nitrogen and oxygen atoms in total. The monoisotopic (exact) mass is 261 g/mol. The second-order valence-corrected chi connectivity index (χ2v) is 3.77. The molecule has 0 spiro atoms. The number of halogens is 2. The lowest BCUT2D eigenvalue weighted by atomic mass is 10.2. The molecule has 0 amide bonds. The molecule has 1 aromatic rings. The van der Waals surface area contributed by atoms with Gasteiger partial charge in [-0.2, -0.15) is 0 Å². The highest BCUT2D eigenvalue weighted by Gasteiger charge is 2.14. The van der Waals surface area contributed by atoms with E-state index in [1.165, 1.54) is 17.2 Å². The van der Waals surface area contributed by atoms with Gasteiger partial charge in [0.2, 0.25) is 0 Å². The smallest absolute Gasteiger partial charge is 0.255 e. The highest BCUT2D eigenvalue weighted by molar-refractivity contribution is 7.80. The number of hydrogen-bond donors (Lipinski definition) is 2. The minimum absolute atomic E-state index is 0.0815. The fourth-order valence-electron chi connectivity index (χ4n) is 1.33. The first-order chi connectivity index (χ1) is 8.04. The van der Waals surface area contributed by atoms with Crippen molar-refractivity contribution in [1.82, 2.24) is 4.98 Å². The van der Waals surface area contributed by atoms with Gasteiger partial charge in [0, 0.05) is 18.3 Å². The summed E-state index contributed by atoms with van der Waals surface area (Å²) in [4.78, 5) is 5.42. The van der Waals surface area contributed by atoms with E-state index in [4.69, 9.17) is 23.1 Å². The fourth-order valence-corrected chi connectivity index (χ4v) is 1.46. The van der Waals surface area contributed by atoms with Crippen molar-refractivity contribution in [1.29, 1.82) is 0 Å². The summed E-state index contributed by atoms with van der Waals surface area (Å²) in [7, 11) is 0. The topological polar surface area (TPSA) is 62.4 Å². The van der Waals surface area contributed by atoms with Crippen LogP contribution in [0.5, 0.6) is 0 Å². The Kier molecular flexibility index (Phi) is 5.17. The molecule has 0 atom stereocenters. The van der Waals surface area contributed by atoms with E-state index in [1.54, 1.807) is 6.07 Å². The molecule has 0 aromatic carbocycles. The third-order valence-corrected chi connectivity index (χ3v) is 2.32. The predicted molar refractivity (Wildman–Crippen MR) is 65.4 cm³/mol. The van der Waals surface area contributed by atoms with E-state index in [1.807, 2.05) is 0 Å². The largest absolute Gasteiger partial charge is 0.395 e. The van der Waals surface area contributed by atoms with E-state index in [-0.39, 0.29) is 18.1 Å². The summed E-state index contributed by atoms with van der Waals surface area (Å²) in [5.74, 6) is 0.324. The Labute approximate surface area is 103 Å². The van der Waals surface area contributed by atoms with Gasteiger partial charge in [-0.25, -0.2) is 13.8 Å². The van der Waals surface area contributed by atoms with Crippen molar-refractivity contribution in [3.8, 4) is 0 Å². The molecule has 0 saturated heterocycles. The van der Waals surface area contributed by atoms with E-state index in [9.17, 15) is 8.78 Å². The molecule has 1 rings (SSSR count). The summed E-state index contributed by atoms with van der Waals surface area (Å²) >= 11 is 4.79. The Morgan fingerprint density at radius 3 is 2.82 bits per heavy atom. The van der Waals surface area contributed by atoms with Crippen LogP contribution in [0.25, 0.3) is 0 Å². The van der Waals surface area contributed by atoms with Gasteiger partial charge in [0.1, 0.15) is 10.8 Å². The van der Waals surface area contributed by atoms with Gasteiger partial charge in [-0.05, 0) is 12.1 Å². The molecule has 0 aliphatic heterocycles. The summed E-state index contributed by atoms with van der Waals surface area (Å²) < 4.78 is 24.7. The summed E-state index contributed by atoms with van der Waals surface area (Å²) in [5.41, 5.74) is 6.00. The molecule has 7 heteroatoms. The van der Waals surface area contributed by atoms with Crippen LogP contribution in [0.15, 0.2) is 18.3 Å². The first-order valence-corrected chi connectivity index (χ1v) is 5.35. The Balaban J connectivity index is 2.92. The maximum atomic E-state index is 12.4. The Bertz CT molecular complexity index is 390. The van der Waals surface area contributed by atoms with E-state index < -0.39 is 13.0 Å². The van der Waals surface area contributed by atoms with Crippen LogP contribution in [0.3, 0.4) is 0 Å². The zero-order chi connectivity index (χ0) is 12.8. The van der Waals surface area contributed by atoms with Gasteiger partial charge in [-0.15, -0.1) is 0 Å². The average molecular weight is 261 g/mol. The molecule has 17 heavy (non-hydrogen) atoms. The lowest BCUT2D eigenvalue weighted by Crippen LogP contribution is -2.32. The quantitative estimate of drug-likeness (QED) is 0.741. The predicted octanol–water partition coefficient (Wildman–Crippen LogP) is 0.780. The molecule has 3 N–H and O–H groups in total. The third-order valence-electron chi connectivity index (χ3n) is 2.08. The van der Waals surface area contributed by atoms with Crippen molar-refractivity contribution >= 4 is 23.0 Å². The van der Waals surface area contributed by atoms with Crippen molar-refractivity contribution in [2.45, 2.75) is 6.43 Å². The van der Waals surface area contributed by atoms with Crippen LogP contribution in [-0.2, 0) is 0 Å². The zero-order valence-electron chi connectivity index (χ0n) is 9.01. The maximum Gasteiger partial charge on any atom is 0.255 e. The number of alkyl halides is 2. The first-order valence-electron chi connectivity index (χ1n) is 4.94. The second kappa shape index (κ2) is 6.41. The number of nitrogens with zero attached hydrogens (tertiary/aromatic N) is 2. The molecule has 0 aliphatic carbocycles. The van der Waals surface area contributed by atoms with Crippen molar-refractivity contribution < 1.29 is 13.9 Å². The molecule has 0 radical (unpaired) electrons. The number of pyridine rings is 1. The Morgan fingerprint density at radius 2 is 2.29 bits per heavy atom. The molecule has 1 aromatic heterocycles.